The average molecular weight is 184 g/mol. The number of hydrogen-bond donors (Lipinski definition) is 3. The summed E-state index contributed by atoms with van der Waals surface area (Å²) >= 11 is 0. The van der Waals surface area contributed by atoms with E-state index in [1.807, 2.05) is 5.43 Å². The zero-order chi connectivity index (χ0) is 9.68. The number of carbonyl (C=O) groups is 3. The molecule has 0 aliphatic rings. The third kappa shape index (κ3) is 2.32. The second-order valence-corrected chi connectivity index (χ2v) is 1.80. The Bertz CT molecular complexity index is 319. The van der Waals surface area contributed by atoms with Gasteiger partial charge in [-0.3, -0.25) is 25.2 Å². The molecule has 0 bridgehead atoms. The van der Waals surface area contributed by atoms with Gasteiger partial charge in [0.25, 0.3) is 5.82 Å². The summed E-state index contributed by atoms with van der Waals surface area (Å²) < 4.78 is 0. The van der Waals surface area contributed by atoms with Crippen LogP contribution < -0.4 is 10.9 Å². The van der Waals surface area contributed by atoms with E-state index < -0.39 is 11.8 Å². The van der Waals surface area contributed by atoms with Crippen molar-refractivity contribution in [3.05, 3.63) is 5.82 Å². The van der Waals surface area contributed by atoms with E-state index in [1.54, 1.807) is 5.43 Å². The predicted octanol–water partition coefficient (Wildman–Crippen LogP) is -2.84. The van der Waals surface area contributed by atoms with Crippen molar-refractivity contribution in [2.75, 3.05) is 0 Å². The van der Waals surface area contributed by atoms with E-state index in [1.165, 1.54) is 0 Å². The zero-order valence-electron chi connectivity index (χ0n) is 6.14. The Morgan fingerprint density at radius 1 is 1.38 bits per heavy atom. The van der Waals surface area contributed by atoms with Gasteiger partial charge in [-0.2, -0.15) is 5.21 Å². The molecular weight excluding hydrogens is 180 g/mol. The molecule has 9 nitrogen and oxygen atoms in total. The molecule has 3 N–H and O–H groups in total. The summed E-state index contributed by atoms with van der Waals surface area (Å²) in [5.41, 5.74) is 3.67. The van der Waals surface area contributed by atoms with Gasteiger partial charge in [0, 0.05) is 0 Å². The maximum absolute atomic E-state index is 10.9. The molecule has 0 spiro atoms. The molecule has 1 heterocycles. The third-order valence-electron chi connectivity index (χ3n) is 0.955. The molecule has 1 aromatic rings. The van der Waals surface area contributed by atoms with Crippen LogP contribution in [-0.4, -0.2) is 38.7 Å². The van der Waals surface area contributed by atoms with Crippen LogP contribution in [0.5, 0.6) is 0 Å². The molecule has 0 fully saturated rings. The minimum atomic E-state index is -0.975. The van der Waals surface area contributed by atoms with Crippen molar-refractivity contribution in [2.24, 2.45) is 0 Å². The Balaban J connectivity index is 2.43. The lowest BCUT2D eigenvalue weighted by Crippen LogP contribution is -2.42. The number of amides is 2. The highest BCUT2D eigenvalue weighted by molar-refractivity contribution is 6.23. The normalized spacial score (nSPS) is 8.92. The largest absolute Gasteiger partial charge is 0.311 e. The van der Waals surface area contributed by atoms with Gasteiger partial charge in [0.1, 0.15) is 0 Å². The van der Waals surface area contributed by atoms with Gasteiger partial charge in [0.05, 0.1) is 0 Å². The SMILES string of the molecule is O=CC(=O)NNC(=O)c1nn[nH]n1. The first-order valence-corrected chi connectivity index (χ1v) is 3.03. The van der Waals surface area contributed by atoms with Gasteiger partial charge in [0.15, 0.2) is 0 Å². The highest BCUT2D eigenvalue weighted by Crippen LogP contribution is 1.79. The van der Waals surface area contributed by atoms with E-state index in [9.17, 15) is 14.4 Å². The van der Waals surface area contributed by atoms with Crippen molar-refractivity contribution in [2.45, 2.75) is 0 Å². The Labute approximate surface area is 70.9 Å². The van der Waals surface area contributed by atoms with Crippen LogP contribution in [0.15, 0.2) is 0 Å². The summed E-state index contributed by atoms with van der Waals surface area (Å²) in [5, 5.41) is 11.8. The summed E-state index contributed by atoms with van der Waals surface area (Å²) in [6.45, 7) is 0. The smallest absolute Gasteiger partial charge is 0.292 e. The van der Waals surface area contributed by atoms with Crippen molar-refractivity contribution in [1.29, 1.82) is 0 Å². The summed E-state index contributed by atoms with van der Waals surface area (Å²) in [5.74, 6) is -1.99. The minimum Gasteiger partial charge on any atom is -0.292 e. The van der Waals surface area contributed by atoms with Crippen molar-refractivity contribution in [3.63, 3.8) is 0 Å². The molecule has 13 heavy (non-hydrogen) atoms. The number of nitrogens with zero attached hydrogens (tertiary/aromatic N) is 3. The van der Waals surface area contributed by atoms with Gasteiger partial charge < -0.3 is 0 Å². The molecule has 0 atom stereocenters. The fourth-order valence-electron chi connectivity index (χ4n) is 0.462. The fourth-order valence-corrected chi connectivity index (χ4v) is 0.462. The van der Waals surface area contributed by atoms with Crippen LogP contribution >= 0.6 is 0 Å². The monoisotopic (exact) mass is 184 g/mol. The molecule has 9 heteroatoms. The van der Waals surface area contributed by atoms with E-state index in [-0.39, 0.29) is 12.1 Å². The number of aldehydes is 1. The summed E-state index contributed by atoms with van der Waals surface area (Å²) in [4.78, 5) is 31.0. The lowest BCUT2D eigenvalue weighted by atomic mass is 10.6. The summed E-state index contributed by atoms with van der Waals surface area (Å²) in [7, 11) is 0. The van der Waals surface area contributed by atoms with E-state index >= 15 is 0 Å². The molecular formula is C4H4N6O3. The molecule has 0 aromatic carbocycles. The van der Waals surface area contributed by atoms with Gasteiger partial charge in [-0.05, 0) is 5.21 Å². The van der Waals surface area contributed by atoms with Crippen molar-refractivity contribution < 1.29 is 14.4 Å². The zero-order valence-corrected chi connectivity index (χ0v) is 6.14. The number of aromatic nitrogens is 4. The number of hydrazine groups is 1. The molecule has 1 rings (SSSR count). The van der Waals surface area contributed by atoms with Crippen LogP contribution in [0.1, 0.15) is 10.6 Å². The van der Waals surface area contributed by atoms with Crippen LogP contribution in [0.3, 0.4) is 0 Å². The lowest BCUT2D eigenvalue weighted by Gasteiger charge is -1.98. The highest BCUT2D eigenvalue weighted by atomic mass is 16.2. The molecule has 0 aliphatic carbocycles. The Kier molecular flexibility index (Phi) is 2.63. The van der Waals surface area contributed by atoms with Gasteiger partial charge in [-0.25, -0.2) is 0 Å². The highest BCUT2D eigenvalue weighted by Gasteiger charge is 2.10. The molecule has 0 saturated carbocycles. The van der Waals surface area contributed by atoms with Crippen LogP contribution in [0.25, 0.3) is 0 Å². The second kappa shape index (κ2) is 3.90. The second-order valence-electron chi connectivity index (χ2n) is 1.80. The third-order valence-corrected chi connectivity index (χ3v) is 0.955. The Hall–Kier alpha value is -2.32. The van der Waals surface area contributed by atoms with Crippen molar-refractivity contribution >= 4 is 18.1 Å². The van der Waals surface area contributed by atoms with Crippen LogP contribution in [0.4, 0.5) is 0 Å². The molecule has 1 aromatic heterocycles. The van der Waals surface area contributed by atoms with Crippen LogP contribution in [0.2, 0.25) is 0 Å². The molecule has 2 amide bonds. The van der Waals surface area contributed by atoms with E-state index in [0.717, 1.165) is 0 Å². The number of nitrogens with one attached hydrogen (secondary N) is 3. The van der Waals surface area contributed by atoms with Gasteiger partial charge >= 0.3 is 11.8 Å². The first kappa shape index (κ1) is 8.77. The number of carbonyl (C=O) groups excluding carboxylic acids is 3. The molecule has 68 valence electrons. The number of hydrogen-bond acceptors (Lipinski definition) is 6. The molecule has 0 radical (unpaired) electrons. The average Bonchev–Trinajstić information content (AvgIpc) is 2.66. The molecule has 0 unspecified atom stereocenters. The molecule has 0 aliphatic heterocycles. The van der Waals surface area contributed by atoms with Gasteiger partial charge in [0.2, 0.25) is 6.29 Å². The van der Waals surface area contributed by atoms with E-state index in [2.05, 4.69) is 20.6 Å². The summed E-state index contributed by atoms with van der Waals surface area (Å²) in [6, 6.07) is 0. The van der Waals surface area contributed by atoms with Crippen molar-refractivity contribution in [1.82, 2.24) is 31.5 Å². The number of rotatable bonds is 2. The first-order chi connectivity index (χ1) is 6.24. The Morgan fingerprint density at radius 3 is 2.69 bits per heavy atom. The topological polar surface area (TPSA) is 130 Å². The van der Waals surface area contributed by atoms with Gasteiger partial charge in [-0.1, -0.05) is 0 Å². The predicted molar refractivity (Wildman–Crippen MR) is 35.9 cm³/mol. The lowest BCUT2D eigenvalue weighted by molar-refractivity contribution is -0.131. The minimum absolute atomic E-state index is 0.0104. The fraction of sp³-hybridized carbons (Fsp3) is 0. The maximum Gasteiger partial charge on any atom is 0.311 e. The first-order valence-electron chi connectivity index (χ1n) is 3.03. The number of tetrazole rings is 1. The van der Waals surface area contributed by atoms with Crippen LogP contribution in [-0.2, 0) is 9.59 Å². The molecule has 0 saturated heterocycles. The number of H-pyrrole nitrogens is 1. The van der Waals surface area contributed by atoms with E-state index in [0.29, 0.717) is 0 Å². The van der Waals surface area contributed by atoms with Crippen molar-refractivity contribution in [3.8, 4) is 0 Å². The Morgan fingerprint density at radius 2 is 2.15 bits per heavy atom. The number of aromatic amines is 1. The quantitative estimate of drug-likeness (QED) is 0.258. The van der Waals surface area contributed by atoms with Crippen LogP contribution in [0, 0.1) is 0 Å². The standard InChI is InChI=1S/C4H4N6O3/c11-1-2(12)5-8-4(13)3-6-9-10-7-3/h1H,(H,5,12)(H,8,13)(H,6,7,9,10). The maximum atomic E-state index is 10.9. The van der Waals surface area contributed by atoms with E-state index in [4.69, 9.17) is 0 Å². The summed E-state index contributed by atoms with van der Waals surface area (Å²) in [6.07, 6.45) is 0.0104. The van der Waals surface area contributed by atoms with Gasteiger partial charge in [-0.15, -0.1) is 10.2 Å².